The summed E-state index contributed by atoms with van der Waals surface area (Å²) in [5.74, 6) is 0. The Hall–Kier alpha value is -7.46. The standard InChI is InChI=1S/C56H35NOS/c1-3-15-36(16-4-1)37-29-31-40(32-30-37)57(39-19-5-2-6-20-39)50-26-14-27-51-54(50)49-35-48(43-22-9-10-23-45(43)55(49)58-51)46-34-33-44(42-25-13-18-38-17-7-8-21-41(38)42)53-47-24-11-12-28-52(47)59-56(46)53/h1-35H. The largest absolute Gasteiger partial charge is 0.455 e. The second-order valence-electron chi connectivity index (χ2n) is 15.2. The molecule has 10 aromatic carbocycles. The number of furan rings is 1. The minimum atomic E-state index is 0.861. The number of rotatable bonds is 6. The lowest BCUT2D eigenvalue weighted by molar-refractivity contribution is 0.672. The molecular weight excluding hydrogens is 735 g/mol. The molecule has 0 aliphatic rings. The Morgan fingerprint density at radius 2 is 1.00 bits per heavy atom. The smallest absolute Gasteiger partial charge is 0.143 e. The Morgan fingerprint density at radius 1 is 0.373 bits per heavy atom. The van der Waals surface area contributed by atoms with Crippen molar-refractivity contribution in [1.82, 2.24) is 0 Å². The van der Waals surface area contributed by atoms with Crippen LogP contribution in [0.1, 0.15) is 0 Å². The highest BCUT2D eigenvalue weighted by molar-refractivity contribution is 7.26. The minimum absolute atomic E-state index is 0.861. The lowest BCUT2D eigenvalue weighted by Gasteiger charge is -2.26. The molecule has 2 aromatic heterocycles. The highest BCUT2D eigenvalue weighted by atomic mass is 32.1. The molecule has 0 atom stereocenters. The Balaban J connectivity index is 1.12. The van der Waals surface area contributed by atoms with E-state index in [0.717, 1.165) is 44.4 Å². The molecule has 0 radical (unpaired) electrons. The van der Waals surface area contributed by atoms with Crippen molar-refractivity contribution in [3.63, 3.8) is 0 Å². The van der Waals surface area contributed by atoms with Gasteiger partial charge < -0.3 is 9.32 Å². The van der Waals surface area contributed by atoms with E-state index in [0.29, 0.717) is 0 Å². The maximum Gasteiger partial charge on any atom is 0.143 e. The first-order valence-electron chi connectivity index (χ1n) is 20.1. The van der Waals surface area contributed by atoms with E-state index in [2.05, 4.69) is 217 Å². The molecule has 0 saturated carbocycles. The summed E-state index contributed by atoms with van der Waals surface area (Å²) in [7, 11) is 0. The van der Waals surface area contributed by atoms with Crippen LogP contribution in [0.15, 0.2) is 217 Å². The van der Waals surface area contributed by atoms with Gasteiger partial charge in [-0.2, -0.15) is 0 Å². The monoisotopic (exact) mass is 769 g/mol. The molecule has 12 aromatic rings. The third kappa shape index (κ3) is 5.40. The first kappa shape index (κ1) is 33.7. The summed E-state index contributed by atoms with van der Waals surface area (Å²) < 4.78 is 9.50. The maximum absolute atomic E-state index is 6.93. The highest BCUT2D eigenvalue weighted by Crippen LogP contribution is 2.50. The van der Waals surface area contributed by atoms with Gasteiger partial charge in [-0.3, -0.25) is 0 Å². The average Bonchev–Trinajstić information content (AvgIpc) is 3.89. The van der Waals surface area contributed by atoms with Gasteiger partial charge in [0, 0.05) is 47.9 Å². The number of fused-ring (bicyclic) bond motifs is 9. The SMILES string of the molecule is c1ccc(-c2ccc(N(c3ccccc3)c3cccc4oc5c6ccccc6c(-c6ccc(-c7cccc8ccccc78)c7c6sc6ccccc67)cc5c34)cc2)cc1. The van der Waals surface area contributed by atoms with Crippen LogP contribution in [-0.2, 0) is 0 Å². The zero-order valence-corrected chi connectivity index (χ0v) is 32.8. The van der Waals surface area contributed by atoms with Crippen molar-refractivity contribution in [1.29, 1.82) is 0 Å². The molecule has 0 aliphatic carbocycles. The van der Waals surface area contributed by atoms with Crippen LogP contribution in [0.5, 0.6) is 0 Å². The van der Waals surface area contributed by atoms with Gasteiger partial charge >= 0.3 is 0 Å². The van der Waals surface area contributed by atoms with Crippen molar-refractivity contribution >= 4 is 92.1 Å². The number of hydrogen-bond acceptors (Lipinski definition) is 3. The van der Waals surface area contributed by atoms with Gasteiger partial charge in [0.25, 0.3) is 0 Å². The minimum Gasteiger partial charge on any atom is -0.455 e. The van der Waals surface area contributed by atoms with Crippen molar-refractivity contribution in [2.24, 2.45) is 0 Å². The van der Waals surface area contributed by atoms with Gasteiger partial charge in [-0.15, -0.1) is 11.3 Å². The lowest BCUT2D eigenvalue weighted by atomic mass is 9.90. The molecule has 0 aliphatic heterocycles. The van der Waals surface area contributed by atoms with Gasteiger partial charge in [0.1, 0.15) is 11.2 Å². The molecule has 2 heterocycles. The van der Waals surface area contributed by atoms with E-state index in [1.807, 2.05) is 11.3 Å². The van der Waals surface area contributed by atoms with Crippen molar-refractivity contribution in [3.05, 3.63) is 212 Å². The number of para-hydroxylation sites is 1. The van der Waals surface area contributed by atoms with Crippen molar-refractivity contribution < 1.29 is 4.42 Å². The Labute approximate surface area is 345 Å². The Kier molecular flexibility index (Phi) is 7.75. The third-order valence-electron chi connectivity index (χ3n) is 11.9. The van der Waals surface area contributed by atoms with E-state index in [1.165, 1.54) is 69.7 Å². The molecule has 3 heteroatoms. The van der Waals surface area contributed by atoms with Gasteiger partial charge in [-0.1, -0.05) is 164 Å². The first-order chi connectivity index (χ1) is 29.3. The van der Waals surface area contributed by atoms with Crippen molar-refractivity contribution in [2.45, 2.75) is 0 Å². The summed E-state index contributed by atoms with van der Waals surface area (Å²) in [6, 6.07) is 76.7. The van der Waals surface area contributed by atoms with Crippen LogP contribution in [0.25, 0.3) is 97.0 Å². The Morgan fingerprint density at radius 3 is 1.83 bits per heavy atom. The number of nitrogens with zero attached hydrogens (tertiary/aromatic N) is 1. The van der Waals surface area contributed by atoms with Gasteiger partial charge in [0.15, 0.2) is 0 Å². The van der Waals surface area contributed by atoms with E-state index < -0.39 is 0 Å². The fourth-order valence-corrected chi connectivity index (χ4v) is 10.5. The molecule has 59 heavy (non-hydrogen) atoms. The van der Waals surface area contributed by atoms with Crippen LogP contribution in [-0.4, -0.2) is 0 Å². The fourth-order valence-electron chi connectivity index (χ4n) is 9.20. The molecule has 0 fully saturated rings. The zero-order chi connectivity index (χ0) is 38.9. The van der Waals surface area contributed by atoms with Gasteiger partial charge in [-0.25, -0.2) is 0 Å². The van der Waals surface area contributed by atoms with Crippen LogP contribution < -0.4 is 4.90 Å². The number of hydrogen-bond donors (Lipinski definition) is 0. The molecule has 0 bridgehead atoms. The number of anilines is 3. The van der Waals surface area contributed by atoms with Crippen LogP contribution >= 0.6 is 11.3 Å². The fraction of sp³-hybridized carbons (Fsp3) is 0. The van der Waals surface area contributed by atoms with E-state index in [-0.39, 0.29) is 0 Å². The molecule has 276 valence electrons. The molecule has 0 N–H and O–H groups in total. The molecule has 12 rings (SSSR count). The van der Waals surface area contributed by atoms with Crippen LogP contribution in [0.4, 0.5) is 17.1 Å². The maximum atomic E-state index is 6.93. The number of thiophene rings is 1. The topological polar surface area (TPSA) is 16.4 Å². The summed E-state index contributed by atoms with van der Waals surface area (Å²) in [6.45, 7) is 0. The predicted molar refractivity (Wildman–Crippen MR) is 253 cm³/mol. The van der Waals surface area contributed by atoms with Crippen LogP contribution in [0.2, 0.25) is 0 Å². The normalized spacial score (nSPS) is 11.7. The molecule has 0 amide bonds. The molecule has 0 unspecified atom stereocenters. The summed E-state index contributed by atoms with van der Waals surface area (Å²) in [5.41, 5.74) is 12.3. The van der Waals surface area contributed by atoms with E-state index in [4.69, 9.17) is 4.42 Å². The van der Waals surface area contributed by atoms with Crippen molar-refractivity contribution in [3.8, 4) is 33.4 Å². The molecular formula is C56H35NOS. The van der Waals surface area contributed by atoms with Gasteiger partial charge in [0.05, 0.1) is 11.1 Å². The summed E-state index contributed by atoms with van der Waals surface area (Å²) >= 11 is 1.89. The van der Waals surface area contributed by atoms with E-state index in [1.54, 1.807) is 0 Å². The molecule has 2 nitrogen and oxygen atoms in total. The Bertz CT molecular complexity index is 3540. The third-order valence-corrected chi connectivity index (χ3v) is 13.1. The van der Waals surface area contributed by atoms with E-state index in [9.17, 15) is 0 Å². The van der Waals surface area contributed by atoms with E-state index >= 15 is 0 Å². The predicted octanol–water partition coefficient (Wildman–Crippen LogP) is 16.7. The first-order valence-corrected chi connectivity index (χ1v) is 20.9. The number of benzene rings is 10. The summed E-state index contributed by atoms with van der Waals surface area (Å²) in [6.07, 6.45) is 0. The zero-order valence-electron chi connectivity index (χ0n) is 32.0. The lowest BCUT2D eigenvalue weighted by Crippen LogP contribution is -2.10. The highest BCUT2D eigenvalue weighted by Gasteiger charge is 2.24. The summed E-state index contributed by atoms with van der Waals surface area (Å²) in [4.78, 5) is 2.37. The second kappa shape index (κ2) is 13.6. The average molecular weight is 770 g/mol. The van der Waals surface area contributed by atoms with Gasteiger partial charge in [0.2, 0.25) is 0 Å². The quantitative estimate of drug-likeness (QED) is 0.167. The molecule has 0 spiro atoms. The van der Waals surface area contributed by atoms with Crippen LogP contribution in [0.3, 0.4) is 0 Å². The van der Waals surface area contributed by atoms with Crippen LogP contribution in [0, 0.1) is 0 Å². The van der Waals surface area contributed by atoms with Crippen molar-refractivity contribution in [2.75, 3.05) is 4.90 Å². The van der Waals surface area contributed by atoms with Gasteiger partial charge in [-0.05, 0) is 92.5 Å². The molecule has 0 saturated heterocycles. The summed E-state index contributed by atoms with van der Waals surface area (Å²) in [5, 5.41) is 9.57. The second-order valence-corrected chi connectivity index (χ2v) is 16.2.